The quantitative estimate of drug-likeness (QED) is 0.210. The Hall–Kier alpha value is -4.36. The number of carbonyl (C=O) groups excluding carboxylic acids is 3. The molecule has 1 atom stereocenters. The fraction of sp³-hybridized carbons (Fsp3) is 0.167. The number of esters is 1. The number of carbonyl (C=O) groups is 3. The van der Waals surface area contributed by atoms with E-state index in [0.29, 0.717) is 45.8 Å². The highest BCUT2D eigenvalue weighted by Crippen LogP contribution is 2.42. The second kappa shape index (κ2) is 10.2. The van der Waals surface area contributed by atoms with Gasteiger partial charge in [0.1, 0.15) is 5.58 Å². The Bertz CT molecular complexity index is 1600. The maximum absolute atomic E-state index is 13.8. The lowest BCUT2D eigenvalue weighted by Gasteiger charge is -2.27. The Morgan fingerprint density at radius 2 is 1.82 bits per heavy atom. The molecular weight excluding hydrogens is 506 g/mol. The van der Waals surface area contributed by atoms with E-state index in [2.05, 4.69) is 0 Å². The van der Waals surface area contributed by atoms with Gasteiger partial charge in [0.15, 0.2) is 11.5 Å². The summed E-state index contributed by atoms with van der Waals surface area (Å²) in [6.45, 7) is 4.10. The van der Waals surface area contributed by atoms with Gasteiger partial charge in [-0.15, -0.1) is 0 Å². The Morgan fingerprint density at radius 3 is 2.53 bits per heavy atom. The predicted octanol–water partition coefficient (Wildman–Crippen LogP) is 6.74. The van der Waals surface area contributed by atoms with Crippen LogP contribution in [0.5, 0.6) is 0 Å². The lowest BCUT2D eigenvalue weighted by Crippen LogP contribution is -2.31. The lowest BCUT2D eigenvalue weighted by molar-refractivity contribution is -0.117. The molecule has 8 heteroatoms. The highest BCUT2D eigenvalue weighted by molar-refractivity contribution is 6.31. The number of nitrogens with zero attached hydrogens (tertiary/aromatic N) is 1. The molecule has 0 saturated heterocycles. The zero-order chi connectivity index (χ0) is 27.0. The minimum atomic E-state index is -0.926. The molecule has 0 spiro atoms. The van der Waals surface area contributed by atoms with Crippen molar-refractivity contribution in [1.29, 1.82) is 0 Å². The summed E-state index contributed by atoms with van der Waals surface area (Å²) in [7, 11) is 0. The highest BCUT2D eigenvalue weighted by Gasteiger charge is 2.45. The summed E-state index contributed by atoms with van der Waals surface area (Å²) in [5.74, 6) is -2.50. The fourth-order valence-electron chi connectivity index (χ4n) is 4.55. The van der Waals surface area contributed by atoms with E-state index < -0.39 is 29.5 Å². The molecule has 1 aliphatic heterocycles. The van der Waals surface area contributed by atoms with Gasteiger partial charge in [0.05, 0.1) is 23.8 Å². The van der Waals surface area contributed by atoms with E-state index in [1.54, 1.807) is 54.6 Å². The molecule has 192 valence electrons. The molecule has 3 aromatic carbocycles. The molecule has 1 aromatic heterocycles. The first-order valence-electron chi connectivity index (χ1n) is 12.1. The maximum Gasteiger partial charge on any atom is 0.338 e. The van der Waals surface area contributed by atoms with Gasteiger partial charge in [-0.05, 0) is 67.4 Å². The first-order valence-corrected chi connectivity index (χ1v) is 12.5. The summed E-state index contributed by atoms with van der Waals surface area (Å²) < 4.78 is 11.0. The zero-order valence-corrected chi connectivity index (χ0v) is 21.5. The van der Waals surface area contributed by atoms with E-state index in [-0.39, 0.29) is 11.3 Å². The number of Topliss-reactive ketones (excluding diaryl/α,β-unsaturated/α-hetero) is 1. The molecule has 2 heterocycles. The number of amides is 1. The van der Waals surface area contributed by atoms with E-state index in [0.717, 1.165) is 5.56 Å². The lowest BCUT2D eigenvalue weighted by atomic mass is 9.93. The topological polar surface area (TPSA) is 97.0 Å². The van der Waals surface area contributed by atoms with E-state index >= 15 is 0 Å². The number of rotatable bonds is 7. The van der Waals surface area contributed by atoms with Gasteiger partial charge in [0.2, 0.25) is 5.78 Å². The minimum Gasteiger partial charge on any atom is -0.503 e. The number of furan rings is 1. The van der Waals surface area contributed by atoms with Gasteiger partial charge < -0.3 is 14.3 Å². The molecule has 0 saturated carbocycles. The first-order chi connectivity index (χ1) is 18.3. The Balaban J connectivity index is 1.57. The first kappa shape index (κ1) is 25.3. The standard InChI is InChI=1S/C30H24ClNO6/c1-3-13-37-30(36)18-7-10-22(11-8-18)32-26(19-6-4-5-17(2)14-19)25(28(34)29(32)35)27(33)24-16-20-15-21(31)9-12-23(20)38-24/h4-12,14-16,26,34H,3,13H2,1-2H3. The number of ketones is 1. The summed E-state index contributed by atoms with van der Waals surface area (Å²) in [4.78, 5) is 40.8. The summed E-state index contributed by atoms with van der Waals surface area (Å²) >= 11 is 6.08. The molecule has 1 aliphatic rings. The van der Waals surface area contributed by atoms with Crippen molar-refractivity contribution in [2.45, 2.75) is 26.3 Å². The van der Waals surface area contributed by atoms with Gasteiger partial charge in [-0.2, -0.15) is 0 Å². The summed E-state index contributed by atoms with van der Waals surface area (Å²) in [5.41, 5.74) is 2.64. The molecule has 7 nitrogen and oxygen atoms in total. The third kappa shape index (κ3) is 4.57. The summed E-state index contributed by atoms with van der Waals surface area (Å²) in [6, 6.07) is 19.2. The predicted molar refractivity (Wildman–Crippen MR) is 144 cm³/mol. The second-order valence-electron chi connectivity index (χ2n) is 9.06. The summed E-state index contributed by atoms with van der Waals surface area (Å²) in [6.07, 6.45) is 0.699. The molecule has 0 aliphatic carbocycles. The Labute approximate surface area is 223 Å². The smallest absolute Gasteiger partial charge is 0.338 e. The van der Waals surface area contributed by atoms with Crippen LogP contribution in [0.1, 0.15) is 51.4 Å². The van der Waals surface area contributed by atoms with Crippen LogP contribution in [0.15, 0.2) is 88.5 Å². The molecule has 4 aromatic rings. The molecule has 0 bridgehead atoms. The molecule has 0 radical (unpaired) electrons. The number of anilines is 1. The number of aliphatic hydroxyl groups excluding tert-OH is 1. The zero-order valence-electron chi connectivity index (χ0n) is 20.7. The summed E-state index contributed by atoms with van der Waals surface area (Å²) in [5, 5.41) is 12.1. The van der Waals surface area contributed by atoms with E-state index in [1.807, 2.05) is 32.0 Å². The molecule has 1 unspecified atom stereocenters. The van der Waals surface area contributed by atoms with Gasteiger partial charge >= 0.3 is 5.97 Å². The molecule has 1 N–H and O–H groups in total. The highest BCUT2D eigenvalue weighted by atomic mass is 35.5. The third-order valence-corrected chi connectivity index (χ3v) is 6.57. The van der Waals surface area contributed by atoms with Crippen molar-refractivity contribution in [2.75, 3.05) is 11.5 Å². The van der Waals surface area contributed by atoms with Crippen LogP contribution < -0.4 is 4.90 Å². The van der Waals surface area contributed by atoms with E-state index in [9.17, 15) is 19.5 Å². The average molecular weight is 530 g/mol. The third-order valence-electron chi connectivity index (χ3n) is 6.33. The minimum absolute atomic E-state index is 0.0230. The number of aryl methyl sites for hydroxylation is 1. The molecular formula is C30H24ClNO6. The molecule has 38 heavy (non-hydrogen) atoms. The van der Waals surface area contributed by atoms with Gasteiger partial charge in [-0.1, -0.05) is 48.4 Å². The van der Waals surface area contributed by atoms with Crippen molar-refractivity contribution >= 4 is 45.9 Å². The number of ether oxygens (including phenoxy) is 1. The van der Waals surface area contributed by atoms with Crippen LogP contribution in [0, 0.1) is 6.92 Å². The number of benzene rings is 3. The molecule has 1 amide bonds. The van der Waals surface area contributed by atoms with Crippen LogP contribution in [-0.4, -0.2) is 29.4 Å². The van der Waals surface area contributed by atoms with Gasteiger partial charge in [-0.3, -0.25) is 14.5 Å². The van der Waals surface area contributed by atoms with E-state index in [4.69, 9.17) is 20.8 Å². The van der Waals surface area contributed by atoms with Crippen LogP contribution in [-0.2, 0) is 9.53 Å². The van der Waals surface area contributed by atoms with Crippen molar-refractivity contribution in [3.05, 3.63) is 112 Å². The SMILES string of the molecule is CCCOC(=O)c1ccc(N2C(=O)C(O)=C(C(=O)c3cc4cc(Cl)ccc4o3)C2c2cccc(C)c2)cc1. The number of hydrogen-bond acceptors (Lipinski definition) is 6. The average Bonchev–Trinajstić information content (AvgIpc) is 3.45. The van der Waals surface area contributed by atoms with Gasteiger partial charge in [0.25, 0.3) is 5.91 Å². The van der Waals surface area contributed by atoms with Crippen molar-refractivity contribution in [3.8, 4) is 0 Å². The van der Waals surface area contributed by atoms with E-state index in [1.165, 1.54) is 4.90 Å². The number of fused-ring (bicyclic) bond motifs is 1. The monoisotopic (exact) mass is 529 g/mol. The number of hydrogen-bond donors (Lipinski definition) is 1. The Kier molecular flexibility index (Phi) is 6.78. The normalized spacial score (nSPS) is 15.4. The van der Waals surface area contributed by atoms with Crippen LogP contribution in [0.4, 0.5) is 5.69 Å². The second-order valence-corrected chi connectivity index (χ2v) is 9.50. The van der Waals surface area contributed by atoms with Gasteiger partial charge in [-0.25, -0.2) is 4.79 Å². The maximum atomic E-state index is 13.8. The van der Waals surface area contributed by atoms with Gasteiger partial charge in [0, 0.05) is 16.1 Å². The van der Waals surface area contributed by atoms with Crippen LogP contribution >= 0.6 is 11.6 Å². The van der Waals surface area contributed by atoms with Crippen LogP contribution in [0.25, 0.3) is 11.0 Å². The van der Waals surface area contributed by atoms with Crippen molar-refractivity contribution in [1.82, 2.24) is 0 Å². The number of aliphatic hydroxyl groups is 1. The van der Waals surface area contributed by atoms with Crippen molar-refractivity contribution < 1.29 is 28.6 Å². The largest absolute Gasteiger partial charge is 0.503 e. The van der Waals surface area contributed by atoms with Crippen molar-refractivity contribution in [2.24, 2.45) is 0 Å². The van der Waals surface area contributed by atoms with Crippen LogP contribution in [0.3, 0.4) is 0 Å². The molecule has 5 rings (SSSR count). The fourth-order valence-corrected chi connectivity index (χ4v) is 4.73. The molecule has 0 fully saturated rings. The number of halogens is 1. The Morgan fingerprint density at radius 1 is 1.05 bits per heavy atom. The van der Waals surface area contributed by atoms with Crippen LogP contribution in [0.2, 0.25) is 5.02 Å². The van der Waals surface area contributed by atoms with Crippen molar-refractivity contribution in [3.63, 3.8) is 0 Å².